The number of carbonyl (C=O) groups excluding carboxylic acids is 1. The van der Waals surface area contributed by atoms with Gasteiger partial charge in [-0.15, -0.1) is 0 Å². The zero-order chi connectivity index (χ0) is 23.8. The second-order valence-corrected chi connectivity index (χ2v) is 10.7. The highest BCUT2D eigenvalue weighted by molar-refractivity contribution is 7.89. The summed E-state index contributed by atoms with van der Waals surface area (Å²) < 4.78 is 34.0. The molecular weight excluding hydrogens is 440 g/mol. The van der Waals surface area contributed by atoms with E-state index in [2.05, 4.69) is 18.9 Å². The van der Waals surface area contributed by atoms with Crippen LogP contribution < -0.4 is 0 Å². The predicted molar refractivity (Wildman–Crippen MR) is 126 cm³/mol. The van der Waals surface area contributed by atoms with Crippen molar-refractivity contribution < 1.29 is 17.9 Å². The number of ketones is 1. The van der Waals surface area contributed by atoms with Crippen molar-refractivity contribution in [3.8, 4) is 0 Å². The molecule has 0 amide bonds. The molecule has 33 heavy (non-hydrogen) atoms. The lowest BCUT2D eigenvalue weighted by molar-refractivity contribution is 0.0730. The van der Waals surface area contributed by atoms with E-state index in [0.717, 1.165) is 28.0 Å². The largest absolute Gasteiger partial charge is 0.379 e. The van der Waals surface area contributed by atoms with Crippen LogP contribution in [0.3, 0.4) is 0 Å². The van der Waals surface area contributed by atoms with Crippen molar-refractivity contribution in [2.45, 2.75) is 44.4 Å². The monoisotopic (exact) mass is 470 g/mol. The molecule has 3 aromatic rings. The second-order valence-electron chi connectivity index (χ2n) is 8.74. The number of hydrogen-bond acceptors (Lipinski definition) is 6. The summed E-state index contributed by atoms with van der Waals surface area (Å²) in [6.07, 6.45) is 0.845. The fraction of sp³-hybridized carbons (Fsp3) is 0.458. The third kappa shape index (κ3) is 4.71. The molecule has 0 atom stereocenters. The van der Waals surface area contributed by atoms with Crippen LogP contribution in [0.2, 0.25) is 0 Å². The summed E-state index contributed by atoms with van der Waals surface area (Å²) in [5, 5.41) is 5.26. The predicted octanol–water partition coefficient (Wildman–Crippen LogP) is 3.24. The molecule has 1 fully saturated rings. The highest BCUT2D eigenvalue weighted by atomic mass is 32.2. The van der Waals surface area contributed by atoms with Crippen molar-refractivity contribution in [2.24, 2.45) is 7.05 Å². The summed E-state index contributed by atoms with van der Waals surface area (Å²) in [6, 6.07) is 8.71. The molecule has 0 bridgehead atoms. The maximum atomic E-state index is 13.2. The first-order valence-electron chi connectivity index (χ1n) is 11.2. The molecule has 0 unspecified atom stereocenters. The fourth-order valence-electron chi connectivity index (χ4n) is 4.14. The molecule has 0 aliphatic carbocycles. The van der Waals surface area contributed by atoms with Gasteiger partial charge in [-0.2, -0.15) is 9.40 Å². The van der Waals surface area contributed by atoms with E-state index in [0.29, 0.717) is 44.7 Å². The number of Topliss-reactive ketones (excluding diaryl/α,β-unsaturated/α-hetero) is 1. The Labute approximate surface area is 194 Å². The van der Waals surface area contributed by atoms with Crippen LogP contribution >= 0.6 is 0 Å². The number of carbonyl (C=O) groups is 1. The number of aryl methyl sites for hydroxylation is 3. The van der Waals surface area contributed by atoms with Crippen LogP contribution in [-0.4, -0.2) is 59.6 Å². The number of ether oxygens (including phenoxy) is 1. The zero-order valence-electron chi connectivity index (χ0n) is 19.5. The van der Waals surface area contributed by atoms with Crippen LogP contribution in [0.1, 0.15) is 53.5 Å². The van der Waals surface area contributed by atoms with Gasteiger partial charge in [0.1, 0.15) is 0 Å². The first kappa shape index (κ1) is 23.5. The van der Waals surface area contributed by atoms with Crippen molar-refractivity contribution in [1.82, 2.24) is 19.1 Å². The number of pyridine rings is 1. The minimum absolute atomic E-state index is 0.0328. The van der Waals surface area contributed by atoms with Gasteiger partial charge in [-0.05, 0) is 43.0 Å². The molecule has 3 heterocycles. The smallest absolute Gasteiger partial charge is 0.243 e. The molecule has 8 nitrogen and oxygen atoms in total. The Morgan fingerprint density at radius 3 is 2.45 bits per heavy atom. The topological polar surface area (TPSA) is 94.4 Å². The van der Waals surface area contributed by atoms with Crippen LogP contribution in [0.4, 0.5) is 0 Å². The van der Waals surface area contributed by atoms with Crippen molar-refractivity contribution in [3.63, 3.8) is 0 Å². The van der Waals surface area contributed by atoms with Crippen molar-refractivity contribution in [3.05, 3.63) is 52.8 Å². The summed E-state index contributed by atoms with van der Waals surface area (Å²) in [5.74, 6) is 0.225. The zero-order valence-corrected chi connectivity index (χ0v) is 20.4. The van der Waals surface area contributed by atoms with E-state index in [4.69, 9.17) is 9.72 Å². The van der Waals surface area contributed by atoms with Gasteiger partial charge in [-0.1, -0.05) is 26.0 Å². The average molecular weight is 471 g/mol. The molecule has 1 aliphatic heterocycles. The molecule has 9 heteroatoms. The summed E-state index contributed by atoms with van der Waals surface area (Å²) >= 11 is 0. The fourth-order valence-corrected chi connectivity index (χ4v) is 5.54. The van der Waals surface area contributed by atoms with Crippen molar-refractivity contribution in [1.29, 1.82) is 0 Å². The molecule has 2 aromatic heterocycles. The Morgan fingerprint density at radius 2 is 1.82 bits per heavy atom. The van der Waals surface area contributed by atoms with Gasteiger partial charge in [0, 0.05) is 37.8 Å². The normalized spacial score (nSPS) is 15.4. The third-order valence-electron chi connectivity index (χ3n) is 6.05. The Kier molecular flexibility index (Phi) is 6.65. The van der Waals surface area contributed by atoms with E-state index < -0.39 is 10.0 Å². The lowest BCUT2D eigenvalue weighted by atomic mass is 9.97. The average Bonchev–Trinajstić information content (AvgIpc) is 3.11. The lowest BCUT2D eigenvalue weighted by Crippen LogP contribution is -2.40. The quantitative estimate of drug-likeness (QED) is 0.492. The lowest BCUT2D eigenvalue weighted by Gasteiger charge is -2.26. The molecule has 0 spiro atoms. The van der Waals surface area contributed by atoms with Gasteiger partial charge < -0.3 is 4.74 Å². The summed E-state index contributed by atoms with van der Waals surface area (Å²) in [4.78, 5) is 18.2. The van der Waals surface area contributed by atoms with Crippen LogP contribution in [0, 0.1) is 6.92 Å². The van der Waals surface area contributed by atoms with E-state index in [9.17, 15) is 13.2 Å². The molecular formula is C24H30N4O4S. The number of rotatable bonds is 7. The Balaban J connectivity index is 1.52. The van der Waals surface area contributed by atoms with Crippen molar-refractivity contribution in [2.75, 3.05) is 26.3 Å². The summed E-state index contributed by atoms with van der Waals surface area (Å²) in [6.45, 7) is 7.56. The van der Waals surface area contributed by atoms with Crippen LogP contribution in [-0.2, 0) is 28.2 Å². The molecule has 0 N–H and O–H groups in total. The standard InChI is InChI=1S/C24H30N4O4S/c1-16(2)21-15-20(23-17(3)26-27(4)24(23)25-21)22(29)10-7-18-5-8-19(9-6-18)33(30,31)28-11-13-32-14-12-28/h5-6,8-9,15-16H,7,10-14H2,1-4H3. The number of benzene rings is 1. The Bertz CT molecular complexity index is 1270. The van der Waals surface area contributed by atoms with Crippen LogP contribution in [0.15, 0.2) is 35.2 Å². The van der Waals surface area contributed by atoms with Crippen LogP contribution in [0.25, 0.3) is 11.0 Å². The number of fused-ring (bicyclic) bond motifs is 1. The van der Waals surface area contributed by atoms with E-state index in [1.807, 2.05) is 20.0 Å². The maximum absolute atomic E-state index is 13.2. The van der Waals surface area contributed by atoms with Gasteiger partial charge in [0.15, 0.2) is 11.4 Å². The van der Waals surface area contributed by atoms with E-state index >= 15 is 0 Å². The van der Waals surface area contributed by atoms with E-state index in [1.165, 1.54) is 4.31 Å². The van der Waals surface area contributed by atoms with Gasteiger partial charge in [0.25, 0.3) is 0 Å². The Morgan fingerprint density at radius 1 is 1.15 bits per heavy atom. The first-order valence-corrected chi connectivity index (χ1v) is 12.7. The number of sulfonamides is 1. The molecule has 4 rings (SSSR count). The molecule has 0 saturated carbocycles. The number of nitrogens with zero attached hydrogens (tertiary/aromatic N) is 4. The van der Waals surface area contributed by atoms with Gasteiger partial charge in [0.2, 0.25) is 10.0 Å². The minimum atomic E-state index is -3.52. The number of morpholine rings is 1. The highest BCUT2D eigenvalue weighted by Gasteiger charge is 2.26. The molecule has 0 radical (unpaired) electrons. The number of hydrogen-bond donors (Lipinski definition) is 0. The number of aromatic nitrogens is 3. The van der Waals surface area contributed by atoms with Gasteiger partial charge in [-0.3, -0.25) is 9.48 Å². The maximum Gasteiger partial charge on any atom is 0.243 e. The highest BCUT2D eigenvalue weighted by Crippen LogP contribution is 2.26. The SMILES string of the molecule is Cc1nn(C)c2nc(C(C)C)cc(C(=O)CCc3ccc(S(=O)(=O)N4CCOCC4)cc3)c12. The second kappa shape index (κ2) is 9.32. The van der Waals surface area contributed by atoms with Crippen molar-refractivity contribution >= 4 is 26.8 Å². The van der Waals surface area contributed by atoms with Crippen LogP contribution in [0.5, 0.6) is 0 Å². The molecule has 176 valence electrons. The van der Waals surface area contributed by atoms with E-state index in [1.54, 1.807) is 28.9 Å². The molecule has 1 aromatic carbocycles. The van der Waals surface area contributed by atoms with E-state index in [-0.39, 0.29) is 16.6 Å². The molecule has 1 saturated heterocycles. The Hall–Kier alpha value is -2.62. The summed E-state index contributed by atoms with van der Waals surface area (Å²) in [5.41, 5.74) is 3.95. The third-order valence-corrected chi connectivity index (χ3v) is 7.97. The van der Waals surface area contributed by atoms with Gasteiger partial charge in [-0.25, -0.2) is 13.4 Å². The molecule has 1 aliphatic rings. The van der Waals surface area contributed by atoms with Gasteiger partial charge in [0.05, 0.1) is 29.2 Å². The van der Waals surface area contributed by atoms with Gasteiger partial charge >= 0.3 is 0 Å². The first-order chi connectivity index (χ1) is 15.7. The minimum Gasteiger partial charge on any atom is -0.379 e. The summed E-state index contributed by atoms with van der Waals surface area (Å²) in [7, 11) is -1.68.